The number of anilines is 2. The highest BCUT2D eigenvalue weighted by atomic mass is 16.5. The summed E-state index contributed by atoms with van der Waals surface area (Å²) in [5, 5.41) is 5.14. The van der Waals surface area contributed by atoms with Gasteiger partial charge >= 0.3 is 5.97 Å². The number of carbonyl (C=O) groups is 4. The quantitative estimate of drug-likeness (QED) is 0.458. The summed E-state index contributed by atoms with van der Waals surface area (Å²) in [6.07, 6.45) is 1.36. The van der Waals surface area contributed by atoms with Crippen LogP contribution in [0.15, 0.2) is 71.3 Å². The van der Waals surface area contributed by atoms with Crippen LogP contribution in [0.4, 0.5) is 11.4 Å². The van der Waals surface area contributed by atoms with Gasteiger partial charge in [0.1, 0.15) is 0 Å². The third-order valence-electron chi connectivity index (χ3n) is 4.05. The highest BCUT2D eigenvalue weighted by Gasteiger charge is 2.17. The van der Waals surface area contributed by atoms with Gasteiger partial charge in [0, 0.05) is 11.3 Å². The van der Waals surface area contributed by atoms with E-state index in [0.717, 1.165) is 0 Å². The lowest BCUT2D eigenvalue weighted by Crippen LogP contribution is -2.22. The standard InChI is InChI=1S/C22H18N2O6/c1-14(25)15-8-10-16(11-9-15)23-20(26)13-30-22(28)17-5-2-3-6-18(17)24-21(27)19-7-4-12-29-19/h2-12H,13H2,1H3,(H,23,26)(H,24,27). The van der Waals surface area contributed by atoms with Crippen molar-refractivity contribution in [1.29, 1.82) is 0 Å². The number of para-hydroxylation sites is 1. The minimum absolute atomic E-state index is 0.0837. The van der Waals surface area contributed by atoms with Crippen LogP contribution in [0, 0.1) is 0 Å². The predicted molar refractivity (Wildman–Crippen MR) is 108 cm³/mol. The molecule has 0 saturated carbocycles. The zero-order valence-electron chi connectivity index (χ0n) is 16.0. The molecule has 0 unspecified atom stereocenters. The number of hydrogen-bond acceptors (Lipinski definition) is 6. The SMILES string of the molecule is CC(=O)c1ccc(NC(=O)COC(=O)c2ccccc2NC(=O)c2ccco2)cc1. The number of rotatable bonds is 7. The number of ether oxygens (including phenoxy) is 1. The second-order valence-electron chi connectivity index (χ2n) is 6.23. The van der Waals surface area contributed by atoms with Gasteiger partial charge < -0.3 is 19.8 Å². The van der Waals surface area contributed by atoms with Gasteiger partial charge in [-0.25, -0.2) is 4.79 Å². The number of Topliss-reactive ketones (excluding diaryl/α,β-unsaturated/α-hetero) is 1. The van der Waals surface area contributed by atoms with Crippen molar-refractivity contribution in [2.24, 2.45) is 0 Å². The largest absolute Gasteiger partial charge is 0.459 e. The third-order valence-corrected chi connectivity index (χ3v) is 4.05. The van der Waals surface area contributed by atoms with Gasteiger partial charge in [-0.05, 0) is 55.5 Å². The number of amides is 2. The normalized spacial score (nSPS) is 10.2. The smallest absolute Gasteiger partial charge is 0.340 e. The van der Waals surface area contributed by atoms with E-state index in [-0.39, 0.29) is 22.8 Å². The van der Waals surface area contributed by atoms with Gasteiger partial charge in [0.25, 0.3) is 11.8 Å². The van der Waals surface area contributed by atoms with Gasteiger partial charge in [0.05, 0.1) is 17.5 Å². The van der Waals surface area contributed by atoms with Gasteiger partial charge in [0.15, 0.2) is 18.2 Å². The summed E-state index contributed by atoms with van der Waals surface area (Å²) in [6.45, 7) is 0.926. The summed E-state index contributed by atoms with van der Waals surface area (Å²) in [5.74, 6) is -1.83. The molecule has 0 aliphatic heterocycles. The van der Waals surface area contributed by atoms with Crippen molar-refractivity contribution in [2.75, 3.05) is 17.2 Å². The van der Waals surface area contributed by atoms with Gasteiger partial charge in [-0.3, -0.25) is 14.4 Å². The van der Waals surface area contributed by atoms with Crippen molar-refractivity contribution in [1.82, 2.24) is 0 Å². The molecule has 3 rings (SSSR count). The molecule has 2 N–H and O–H groups in total. The molecule has 0 saturated heterocycles. The first-order valence-electron chi connectivity index (χ1n) is 8.96. The molecule has 0 aliphatic rings. The number of furan rings is 1. The van der Waals surface area contributed by atoms with E-state index < -0.39 is 24.4 Å². The molecule has 0 bridgehead atoms. The molecule has 30 heavy (non-hydrogen) atoms. The predicted octanol–water partition coefficient (Wildman–Crippen LogP) is 3.53. The Balaban J connectivity index is 1.58. The van der Waals surface area contributed by atoms with Crippen LogP contribution in [0.25, 0.3) is 0 Å². The Hall–Kier alpha value is -4.20. The zero-order valence-corrected chi connectivity index (χ0v) is 16.0. The summed E-state index contributed by atoms with van der Waals surface area (Å²) >= 11 is 0. The summed E-state index contributed by atoms with van der Waals surface area (Å²) in [5.41, 5.74) is 1.31. The van der Waals surface area contributed by atoms with E-state index in [1.807, 2.05) is 0 Å². The maximum absolute atomic E-state index is 12.4. The molecule has 0 fully saturated rings. The number of esters is 1. The van der Waals surface area contributed by atoms with Crippen molar-refractivity contribution in [2.45, 2.75) is 6.92 Å². The number of benzene rings is 2. The van der Waals surface area contributed by atoms with Crippen LogP contribution in [0.3, 0.4) is 0 Å². The lowest BCUT2D eigenvalue weighted by molar-refractivity contribution is -0.119. The topological polar surface area (TPSA) is 115 Å². The van der Waals surface area contributed by atoms with E-state index >= 15 is 0 Å². The van der Waals surface area contributed by atoms with Crippen molar-refractivity contribution >= 4 is 34.9 Å². The molecule has 2 aromatic carbocycles. The molecule has 8 nitrogen and oxygen atoms in total. The molecule has 2 amide bonds. The highest BCUT2D eigenvalue weighted by Crippen LogP contribution is 2.18. The lowest BCUT2D eigenvalue weighted by Gasteiger charge is -2.10. The highest BCUT2D eigenvalue weighted by molar-refractivity contribution is 6.07. The van der Waals surface area contributed by atoms with Gasteiger partial charge in [-0.2, -0.15) is 0 Å². The first-order valence-corrected chi connectivity index (χ1v) is 8.96. The Morgan fingerprint density at radius 2 is 1.63 bits per heavy atom. The molecule has 3 aromatic rings. The fraction of sp³-hybridized carbons (Fsp3) is 0.0909. The van der Waals surface area contributed by atoms with E-state index in [2.05, 4.69) is 10.6 Å². The summed E-state index contributed by atoms with van der Waals surface area (Å²) in [6, 6.07) is 15.6. The molecule has 0 spiro atoms. The van der Waals surface area contributed by atoms with Crippen LogP contribution in [0.1, 0.15) is 38.2 Å². The third kappa shape index (κ3) is 5.20. The summed E-state index contributed by atoms with van der Waals surface area (Å²) in [4.78, 5) is 47.9. The fourth-order valence-electron chi connectivity index (χ4n) is 2.56. The van der Waals surface area contributed by atoms with E-state index in [4.69, 9.17) is 9.15 Å². The molecular formula is C22H18N2O6. The zero-order chi connectivity index (χ0) is 21.5. The molecule has 1 aromatic heterocycles. The van der Waals surface area contributed by atoms with Crippen LogP contribution in [0.5, 0.6) is 0 Å². The molecule has 1 heterocycles. The molecule has 0 aliphatic carbocycles. The van der Waals surface area contributed by atoms with Crippen molar-refractivity contribution in [3.05, 3.63) is 83.8 Å². The Labute approximate surface area is 171 Å². The van der Waals surface area contributed by atoms with Crippen LogP contribution < -0.4 is 10.6 Å². The monoisotopic (exact) mass is 406 g/mol. The molecule has 8 heteroatoms. The molecule has 0 radical (unpaired) electrons. The van der Waals surface area contributed by atoms with Crippen LogP contribution in [-0.2, 0) is 9.53 Å². The van der Waals surface area contributed by atoms with Crippen molar-refractivity contribution < 1.29 is 28.3 Å². The van der Waals surface area contributed by atoms with Crippen LogP contribution in [-0.4, -0.2) is 30.2 Å². The number of ketones is 1. The Morgan fingerprint density at radius 1 is 0.900 bits per heavy atom. The summed E-state index contributed by atoms with van der Waals surface area (Å²) in [7, 11) is 0. The number of hydrogen-bond donors (Lipinski definition) is 2. The first kappa shape index (κ1) is 20.5. The van der Waals surface area contributed by atoms with Crippen LogP contribution in [0.2, 0.25) is 0 Å². The molecule has 152 valence electrons. The summed E-state index contributed by atoms with van der Waals surface area (Å²) < 4.78 is 10.1. The van der Waals surface area contributed by atoms with Crippen molar-refractivity contribution in [3.8, 4) is 0 Å². The van der Waals surface area contributed by atoms with Gasteiger partial charge in [-0.15, -0.1) is 0 Å². The fourth-order valence-corrected chi connectivity index (χ4v) is 2.56. The number of carbonyl (C=O) groups excluding carboxylic acids is 4. The second-order valence-corrected chi connectivity index (χ2v) is 6.23. The molecule has 0 atom stereocenters. The molecular weight excluding hydrogens is 388 g/mol. The van der Waals surface area contributed by atoms with E-state index in [1.165, 1.54) is 31.4 Å². The van der Waals surface area contributed by atoms with Crippen molar-refractivity contribution in [3.63, 3.8) is 0 Å². The average molecular weight is 406 g/mol. The van der Waals surface area contributed by atoms with Gasteiger partial charge in [0.2, 0.25) is 0 Å². The Bertz CT molecular complexity index is 1070. The van der Waals surface area contributed by atoms with Crippen LogP contribution >= 0.6 is 0 Å². The van der Waals surface area contributed by atoms with E-state index in [9.17, 15) is 19.2 Å². The average Bonchev–Trinajstić information content (AvgIpc) is 3.28. The van der Waals surface area contributed by atoms with E-state index in [0.29, 0.717) is 11.3 Å². The maximum Gasteiger partial charge on any atom is 0.340 e. The minimum Gasteiger partial charge on any atom is -0.459 e. The Kier molecular flexibility index (Phi) is 6.39. The Morgan fingerprint density at radius 3 is 2.30 bits per heavy atom. The second kappa shape index (κ2) is 9.33. The minimum atomic E-state index is -0.771. The first-order chi connectivity index (χ1) is 14.4. The maximum atomic E-state index is 12.4. The van der Waals surface area contributed by atoms with Gasteiger partial charge in [-0.1, -0.05) is 12.1 Å². The lowest BCUT2D eigenvalue weighted by atomic mass is 10.1. The van der Waals surface area contributed by atoms with E-state index in [1.54, 1.807) is 42.5 Å². The number of nitrogens with one attached hydrogen (secondary N) is 2.